The van der Waals surface area contributed by atoms with Crippen molar-refractivity contribution in [2.24, 2.45) is 0 Å². The summed E-state index contributed by atoms with van der Waals surface area (Å²) in [6, 6.07) is 41.9. The van der Waals surface area contributed by atoms with E-state index in [1.807, 2.05) is 30.3 Å². The van der Waals surface area contributed by atoms with E-state index in [0.29, 0.717) is 6.61 Å². The summed E-state index contributed by atoms with van der Waals surface area (Å²) in [7, 11) is 0. The van der Waals surface area contributed by atoms with E-state index in [-0.39, 0.29) is 83.9 Å². The maximum absolute atomic E-state index is 11.7. The monoisotopic (exact) mass is 800 g/mol. The number of alkyl halides is 1. The SMILES string of the molecule is Br[C@H](c1ccccc1)[C@@H]1CN(Cc2ccccc2)CCO1.CC(=O)S[C@@H](c1ccccc1)[C@@H]1CN(Cc2ccccc2)CCO1.CC(=O)[S-].[K+]. The number of thioether (sulfide) groups is 1. The van der Waals surface area contributed by atoms with Crippen LogP contribution in [-0.4, -0.2) is 71.6 Å². The van der Waals surface area contributed by atoms with Crippen molar-refractivity contribution < 1.29 is 70.4 Å². The van der Waals surface area contributed by atoms with E-state index >= 15 is 0 Å². The third kappa shape index (κ3) is 15.8. The second-order valence-electron chi connectivity index (χ2n) is 12.0. The summed E-state index contributed by atoms with van der Waals surface area (Å²) >= 11 is 9.17. The fourth-order valence-electron chi connectivity index (χ4n) is 5.83. The van der Waals surface area contributed by atoms with Gasteiger partial charge in [-0.2, -0.15) is 0 Å². The molecule has 0 amide bonds. The molecule has 0 aromatic heterocycles. The van der Waals surface area contributed by atoms with Gasteiger partial charge in [0.1, 0.15) is 0 Å². The van der Waals surface area contributed by atoms with Crippen molar-refractivity contribution in [3.63, 3.8) is 0 Å². The van der Waals surface area contributed by atoms with Crippen molar-refractivity contribution in [1.29, 1.82) is 0 Å². The molecular formula is C40H46BrKN2O4S2. The molecule has 0 unspecified atom stereocenters. The third-order valence-electron chi connectivity index (χ3n) is 8.06. The largest absolute Gasteiger partial charge is 1.00 e. The number of nitrogens with zero attached hydrogens (tertiary/aromatic N) is 2. The molecule has 2 aliphatic rings. The normalized spacial score (nSPS) is 18.9. The first kappa shape index (κ1) is 43.2. The van der Waals surface area contributed by atoms with E-state index in [9.17, 15) is 9.59 Å². The molecule has 6 nitrogen and oxygen atoms in total. The van der Waals surface area contributed by atoms with E-state index < -0.39 is 0 Å². The first-order chi connectivity index (χ1) is 23.8. The number of carbonyl (C=O) groups is 2. The number of rotatable bonds is 9. The van der Waals surface area contributed by atoms with Crippen molar-refractivity contribution >= 4 is 50.6 Å². The Morgan fingerprint density at radius 2 is 1.08 bits per heavy atom. The molecule has 0 radical (unpaired) electrons. The smallest absolute Gasteiger partial charge is 0.742 e. The molecule has 2 aliphatic heterocycles. The number of hydrogen-bond donors (Lipinski definition) is 0. The minimum Gasteiger partial charge on any atom is -0.742 e. The summed E-state index contributed by atoms with van der Waals surface area (Å²) in [6.07, 6.45) is 0.226. The standard InChI is InChI=1S/C20H23NO2S.C18H20BrNO.C2H4OS.K/c1-16(22)24-20(18-10-6-3-7-11-18)19-15-21(12-13-23-19)14-17-8-4-2-5-9-17;19-18(16-9-5-2-6-10-16)17-14-20(11-12-21-17)13-15-7-3-1-4-8-15;1-2(3)4;/h2-11,19-20H,12-15H2,1H3;1-10,17-18H,11-14H2;1H3,(H,3,4);/q;;;+1/p-1/t19-,20-;17-,18+;;/m00../s1. The molecule has 4 aromatic rings. The van der Waals surface area contributed by atoms with Crippen LogP contribution >= 0.6 is 27.7 Å². The van der Waals surface area contributed by atoms with Gasteiger partial charge in [0.05, 0.1) is 35.5 Å². The third-order valence-corrected chi connectivity index (χ3v) is 10.3. The van der Waals surface area contributed by atoms with Gasteiger partial charge in [-0.3, -0.25) is 14.6 Å². The minimum atomic E-state index is -0.250. The molecule has 0 saturated carbocycles. The molecule has 0 bridgehead atoms. The van der Waals surface area contributed by atoms with Gasteiger partial charge in [0.25, 0.3) is 0 Å². The fraction of sp³-hybridized carbons (Fsp3) is 0.350. The number of ether oxygens (including phenoxy) is 2. The van der Waals surface area contributed by atoms with E-state index in [1.54, 1.807) is 6.92 Å². The van der Waals surface area contributed by atoms with E-state index in [4.69, 9.17) is 9.47 Å². The van der Waals surface area contributed by atoms with Gasteiger partial charge in [-0.1, -0.05) is 149 Å². The van der Waals surface area contributed by atoms with Gasteiger partial charge >= 0.3 is 51.4 Å². The molecule has 0 spiro atoms. The van der Waals surface area contributed by atoms with Crippen LogP contribution in [0, 0.1) is 0 Å². The second kappa shape index (κ2) is 24.1. The summed E-state index contributed by atoms with van der Waals surface area (Å²) in [5, 5.41) is -0.0742. The molecule has 50 heavy (non-hydrogen) atoms. The van der Waals surface area contributed by atoms with Gasteiger partial charge in [0.2, 0.25) is 0 Å². The first-order valence-electron chi connectivity index (χ1n) is 16.6. The Bertz CT molecular complexity index is 1520. The van der Waals surface area contributed by atoms with Crippen molar-refractivity contribution in [2.45, 2.75) is 49.2 Å². The number of benzene rings is 4. The zero-order valence-electron chi connectivity index (χ0n) is 29.2. The van der Waals surface area contributed by atoms with Crippen LogP contribution in [0.25, 0.3) is 0 Å². The van der Waals surface area contributed by atoms with Crippen molar-refractivity contribution in [3.05, 3.63) is 144 Å². The molecule has 2 saturated heterocycles. The molecule has 2 heterocycles. The Kier molecular flexibility index (Phi) is 20.8. The zero-order valence-corrected chi connectivity index (χ0v) is 35.6. The summed E-state index contributed by atoms with van der Waals surface area (Å²) < 4.78 is 12.0. The average Bonchev–Trinajstić information content (AvgIpc) is 3.12. The average molecular weight is 802 g/mol. The fourth-order valence-corrected chi connectivity index (χ4v) is 7.42. The number of hydrogen-bond acceptors (Lipinski definition) is 8. The van der Waals surface area contributed by atoms with Crippen LogP contribution in [0.5, 0.6) is 0 Å². The van der Waals surface area contributed by atoms with Crippen LogP contribution in [0.4, 0.5) is 0 Å². The molecule has 2 fully saturated rings. The maximum Gasteiger partial charge on any atom is 1.00 e. The van der Waals surface area contributed by atoms with Crippen LogP contribution in [-0.2, 0) is 44.8 Å². The quantitative estimate of drug-likeness (QED) is 0.133. The van der Waals surface area contributed by atoms with Crippen LogP contribution in [0.1, 0.15) is 46.2 Å². The van der Waals surface area contributed by atoms with Gasteiger partial charge < -0.3 is 26.9 Å². The molecule has 6 rings (SSSR count). The van der Waals surface area contributed by atoms with Crippen LogP contribution < -0.4 is 51.4 Å². The van der Waals surface area contributed by atoms with Gasteiger partial charge in [0.15, 0.2) is 5.12 Å². The molecule has 0 aliphatic carbocycles. The topological polar surface area (TPSA) is 59.1 Å². The van der Waals surface area contributed by atoms with E-state index in [2.05, 4.69) is 129 Å². The summed E-state index contributed by atoms with van der Waals surface area (Å²) in [5.41, 5.74) is 5.12. The van der Waals surface area contributed by atoms with Crippen LogP contribution in [0.2, 0.25) is 0 Å². The molecule has 260 valence electrons. The second-order valence-corrected chi connectivity index (χ2v) is 14.9. The predicted octanol–water partition coefficient (Wildman–Crippen LogP) is 5.02. The van der Waals surface area contributed by atoms with Crippen LogP contribution in [0.15, 0.2) is 121 Å². The Labute approximate surface area is 359 Å². The van der Waals surface area contributed by atoms with Crippen molar-refractivity contribution in [2.75, 3.05) is 39.4 Å². The summed E-state index contributed by atoms with van der Waals surface area (Å²) in [6.45, 7) is 10.1. The van der Waals surface area contributed by atoms with Gasteiger partial charge in [-0.25, -0.2) is 0 Å². The summed E-state index contributed by atoms with van der Waals surface area (Å²) in [4.78, 5) is 26.1. The Morgan fingerprint density at radius 1 is 0.700 bits per heavy atom. The van der Waals surface area contributed by atoms with Gasteiger partial charge in [-0.05, 0) is 29.2 Å². The molecule has 4 aromatic carbocycles. The molecular weight excluding hydrogens is 756 g/mol. The first-order valence-corrected chi connectivity index (χ1v) is 18.8. The van der Waals surface area contributed by atoms with E-state index in [1.165, 1.54) is 35.4 Å². The number of halogens is 1. The Morgan fingerprint density at radius 3 is 1.52 bits per heavy atom. The molecule has 0 N–H and O–H groups in total. The number of carbonyl (C=O) groups excluding carboxylic acids is 2. The van der Waals surface area contributed by atoms with Gasteiger partial charge in [-0.15, -0.1) is 0 Å². The summed E-state index contributed by atoms with van der Waals surface area (Å²) in [5.74, 6) is 0. The predicted molar refractivity (Wildman–Crippen MR) is 207 cm³/mol. The number of morpholine rings is 2. The van der Waals surface area contributed by atoms with Gasteiger partial charge in [0, 0.05) is 51.3 Å². The van der Waals surface area contributed by atoms with Crippen LogP contribution in [0.3, 0.4) is 0 Å². The minimum absolute atomic E-state index is 0. The van der Waals surface area contributed by atoms with E-state index in [0.717, 1.165) is 51.4 Å². The molecule has 4 atom stereocenters. The van der Waals surface area contributed by atoms with Crippen molar-refractivity contribution in [1.82, 2.24) is 9.80 Å². The molecule has 10 heteroatoms. The Balaban J connectivity index is 0.000000242. The Hall–Kier alpha value is -1.25. The zero-order chi connectivity index (χ0) is 34.8. The maximum atomic E-state index is 11.7. The van der Waals surface area contributed by atoms with Crippen molar-refractivity contribution in [3.8, 4) is 0 Å².